The van der Waals surface area contributed by atoms with Gasteiger partial charge in [-0.05, 0) is 83.0 Å². The van der Waals surface area contributed by atoms with Gasteiger partial charge in [-0.1, -0.05) is 136 Å². The largest absolute Gasteiger partial charge is 0.347 e. The highest BCUT2D eigenvalue weighted by molar-refractivity contribution is 5.88. The van der Waals surface area contributed by atoms with E-state index in [-0.39, 0.29) is 10.8 Å². The van der Waals surface area contributed by atoms with Crippen molar-refractivity contribution in [3.63, 3.8) is 0 Å². The molecule has 3 aromatic rings. The Kier molecular flexibility index (Phi) is 8.23. The Bertz CT molecular complexity index is 1700. The van der Waals surface area contributed by atoms with Crippen molar-refractivity contribution in [2.45, 2.75) is 46.0 Å². The van der Waals surface area contributed by atoms with E-state index in [0.717, 1.165) is 24.0 Å². The lowest BCUT2D eigenvalue weighted by molar-refractivity contribution is 0.412. The summed E-state index contributed by atoms with van der Waals surface area (Å²) in [4.78, 5) is 2.35. The lowest BCUT2D eigenvalue weighted by atomic mass is 9.72. The number of fused-ring (bicyclic) bond motifs is 1. The Morgan fingerprint density at radius 3 is 2.48 bits per heavy atom. The van der Waals surface area contributed by atoms with Gasteiger partial charge in [-0.15, -0.1) is 0 Å². The van der Waals surface area contributed by atoms with E-state index in [4.69, 9.17) is 0 Å². The van der Waals surface area contributed by atoms with Crippen LogP contribution in [0.5, 0.6) is 0 Å². The standard InChI is InChI=1S/C41H43N/c1-30-19-12-9-8-10-15-25-36-39(30)41(6,29-33-21-13-11-14-22-33)37(42(36)7)26-18-20-32(3)40(4,5)38-31(2)27-28-34-23-16-17-24-35(34)38/h8-9,11-28H,1,3,10,29H2,2,4-7H3/b9-8-,19-12-,20-18+,25-15-,37-26+. The van der Waals surface area contributed by atoms with E-state index < -0.39 is 0 Å². The fourth-order valence-corrected chi connectivity index (χ4v) is 6.78. The Labute approximate surface area is 253 Å². The van der Waals surface area contributed by atoms with Gasteiger partial charge in [-0.2, -0.15) is 0 Å². The number of rotatable bonds is 6. The van der Waals surface area contributed by atoms with Crippen LogP contribution in [0, 0.1) is 12.3 Å². The van der Waals surface area contributed by atoms with E-state index in [1.54, 1.807) is 0 Å². The Morgan fingerprint density at radius 1 is 0.952 bits per heavy atom. The smallest absolute Gasteiger partial charge is 0.0450 e. The second-order valence-electron chi connectivity index (χ2n) is 12.3. The molecule has 0 saturated carbocycles. The highest BCUT2D eigenvalue weighted by atomic mass is 15.2. The van der Waals surface area contributed by atoms with Gasteiger partial charge in [0, 0.05) is 29.3 Å². The Morgan fingerprint density at radius 2 is 1.69 bits per heavy atom. The van der Waals surface area contributed by atoms with E-state index in [2.05, 4.69) is 174 Å². The highest BCUT2D eigenvalue weighted by Crippen LogP contribution is 2.52. The maximum atomic E-state index is 4.59. The van der Waals surface area contributed by atoms with Crippen LogP contribution in [0.1, 0.15) is 43.9 Å². The summed E-state index contributed by atoms with van der Waals surface area (Å²) in [6.07, 6.45) is 21.5. The molecule has 0 amide bonds. The second-order valence-corrected chi connectivity index (χ2v) is 12.3. The zero-order valence-corrected chi connectivity index (χ0v) is 25.8. The minimum Gasteiger partial charge on any atom is -0.347 e. The van der Waals surface area contributed by atoms with Gasteiger partial charge in [0.1, 0.15) is 0 Å². The van der Waals surface area contributed by atoms with Crippen molar-refractivity contribution in [2.24, 2.45) is 5.41 Å². The normalized spacial score (nSPS) is 22.5. The van der Waals surface area contributed by atoms with Crippen LogP contribution in [0.15, 0.2) is 163 Å². The number of nitrogens with zero attached hydrogens (tertiary/aromatic N) is 1. The van der Waals surface area contributed by atoms with Crippen LogP contribution >= 0.6 is 0 Å². The molecule has 3 aromatic carbocycles. The maximum absolute atomic E-state index is 4.59. The fraction of sp³-hybridized carbons (Fsp3) is 0.220. The van der Waals surface area contributed by atoms with E-state index >= 15 is 0 Å². The van der Waals surface area contributed by atoms with E-state index in [0.29, 0.717) is 0 Å². The topological polar surface area (TPSA) is 3.24 Å². The minimum absolute atomic E-state index is 0.229. The van der Waals surface area contributed by atoms with Crippen molar-refractivity contribution in [2.75, 3.05) is 7.05 Å². The molecule has 1 aliphatic carbocycles. The van der Waals surface area contributed by atoms with Crippen LogP contribution in [0.25, 0.3) is 10.8 Å². The molecule has 212 valence electrons. The van der Waals surface area contributed by atoms with Crippen molar-refractivity contribution in [3.8, 4) is 0 Å². The van der Waals surface area contributed by atoms with Gasteiger partial charge in [0.05, 0.1) is 0 Å². The first kappa shape index (κ1) is 29.1. The predicted octanol–water partition coefficient (Wildman–Crippen LogP) is 10.5. The lowest BCUT2D eigenvalue weighted by Gasteiger charge is -2.32. The molecule has 0 radical (unpaired) electrons. The SMILES string of the molecule is C=C1/C=C\C=C/C/C=C\C2=C1C(C)(Cc1ccccc1)/C(=C\C=C\C(=C)C(C)(C)c1c(C)ccc3ccccc13)N2C. The summed E-state index contributed by atoms with van der Waals surface area (Å²) in [5.41, 5.74) is 9.34. The molecule has 5 rings (SSSR count). The third kappa shape index (κ3) is 5.44. The molecule has 1 aliphatic heterocycles. The van der Waals surface area contributed by atoms with Crippen LogP contribution in [0.2, 0.25) is 0 Å². The quantitative estimate of drug-likeness (QED) is 0.276. The number of aryl methyl sites for hydroxylation is 1. The first-order valence-electron chi connectivity index (χ1n) is 14.9. The molecule has 1 unspecified atom stereocenters. The van der Waals surface area contributed by atoms with Crippen molar-refractivity contribution in [1.29, 1.82) is 0 Å². The summed E-state index contributed by atoms with van der Waals surface area (Å²) in [6.45, 7) is 18.3. The molecule has 1 nitrogen and oxygen atoms in total. The molecule has 0 saturated heterocycles. The van der Waals surface area contributed by atoms with Crippen molar-refractivity contribution in [1.82, 2.24) is 4.90 Å². The molecule has 0 bridgehead atoms. The molecule has 1 heterocycles. The summed E-state index contributed by atoms with van der Waals surface area (Å²) < 4.78 is 0. The molecule has 1 atom stereocenters. The Balaban J connectivity index is 1.55. The van der Waals surface area contributed by atoms with Crippen LogP contribution in [0.3, 0.4) is 0 Å². The molecule has 0 spiro atoms. The van der Waals surface area contributed by atoms with Crippen LogP contribution < -0.4 is 0 Å². The number of allylic oxidation sites excluding steroid dienone is 12. The zero-order valence-electron chi connectivity index (χ0n) is 25.8. The van der Waals surface area contributed by atoms with Gasteiger partial charge >= 0.3 is 0 Å². The van der Waals surface area contributed by atoms with Gasteiger partial charge in [-0.25, -0.2) is 0 Å². The van der Waals surface area contributed by atoms with Gasteiger partial charge in [0.15, 0.2) is 0 Å². The van der Waals surface area contributed by atoms with Crippen molar-refractivity contribution in [3.05, 3.63) is 179 Å². The summed E-state index contributed by atoms with van der Waals surface area (Å²) in [5.74, 6) is 0. The van der Waals surface area contributed by atoms with Crippen molar-refractivity contribution < 1.29 is 0 Å². The first-order chi connectivity index (χ1) is 20.1. The number of hydrogen-bond acceptors (Lipinski definition) is 1. The molecule has 0 aromatic heterocycles. The summed E-state index contributed by atoms with van der Waals surface area (Å²) in [5, 5.41) is 2.56. The van der Waals surface area contributed by atoms with Gasteiger partial charge in [0.2, 0.25) is 0 Å². The average molecular weight is 550 g/mol. The summed E-state index contributed by atoms with van der Waals surface area (Å²) in [7, 11) is 2.19. The summed E-state index contributed by atoms with van der Waals surface area (Å²) >= 11 is 0. The Hall–Kier alpha value is -4.36. The highest BCUT2D eigenvalue weighted by Gasteiger charge is 2.44. The molecule has 2 aliphatic rings. The van der Waals surface area contributed by atoms with E-state index in [1.165, 1.54) is 44.4 Å². The van der Waals surface area contributed by atoms with Gasteiger partial charge in [0.25, 0.3) is 0 Å². The van der Waals surface area contributed by atoms with Crippen molar-refractivity contribution >= 4 is 10.8 Å². The average Bonchev–Trinajstić information content (AvgIpc) is 3.17. The van der Waals surface area contributed by atoms with Crippen LogP contribution in [0.4, 0.5) is 0 Å². The second kappa shape index (κ2) is 11.9. The zero-order chi connectivity index (χ0) is 29.9. The van der Waals surface area contributed by atoms with Gasteiger partial charge < -0.3 is 4.90 Å². The fourth-order valence-electron chi connectivity index (χ4n) is 6.78. The monoisotopic (exact) mass is 549 g/mol. The third-order valence-electron chi connectivity index (χ3n) is 9.03. The molecule has 0 fully saturated rings. The third-order valence-corrected chi connectivity index (χ3v) is 9.03. The van der Waals surface area contributed by atoms with E-state index in [9.17, 15) is 0 Å². The molecule has 0 N–H and O–H groups in total. The van der Waals surface area contributed by atoms with Crippen LogP contribution in [-0.2, 0) is 11.8 Å². The molecular weight excluding hydrogens is 506 g/mol. The maximum Gasteiger partial charge on any atom is 0.0450 e. The molecule has 42 heavy (non-hydrogen) atoms. The summed E-state index contributed by atoms with van der Waals surface area (Å²) in [6, 6.07) is 23.9. The van der Waals surface area contributed by atoms with Gasteiger partial charge in [-0.3, -0.25) is 0 Å². The molecule has 1 heteroatoms. The predicted molar refractivity (Wildman–Crippen MR) is 182 cm³/mol. The number of hydrogen-bond donors (Lipinski definition) is 0. The molecular formula is C41H43N. The van der Waals surface area contributed by atoms with Crippen LogP contribution in [-0.4, -0.2) is 11.9 Å². The van der Waals surface area contributed by atoms with E-state index in [1.807, 2.05) is 0 Å². The number of benzene rings is 3. The number of likely N-dealkylation sites (N-methyl/N-ethyl adjacent to an activating group) is 1. The lowest BCUT2D eigenvalue weighted by Crippen LogP contribution is -2.26. The minimum atomic E-state index is -0.256. The first-order valence-corrected chi connectivity index (χ1v) is 14.9.